The fraction of sp³-hybridized carbons (Fsp3) is 0.250. The van der Waals surface area contributed by atoms with E-state index in [-0.39, 0.29) is 0 Å². The minimum absolute atomic E-state index is 0.307. The zero-order valence-electron chi connectivity index (χ0n) is 11.3. The molecule has 0 aliphatic heterocycles. The van der Waals surface area contributed by atoms with Gasteiger partial charge in [-0.1, -0.05) is 60.5 Å². The van der Waals surface area contributed by atoms with Crippen molar-refractivity contribution in [1.29, 1.82) is 0 Å². The number of hydrogen-bond acceptors (Lipinski definition) is 2. The number of thioether (sulfide) groups is 1. The molecule has 1 nitrogen and oxygen atoms in total. The summed E-state index contributed by atoms with van der Waals surface area (Å²) in [6.07, 6.45) is 0. The van der Waals surface area contributed by atoms with Crippen LogP contribution in [-0.2, 0) is 0 Å². The van der Waals surface area contributed by atoms with Gasteiger partial charge in [0.05, 0.1) is 5.02 Å². The largest absolute Gasteiger partial charge is 0.309 e. The molecule has 2 aromatic carbocycles. The molecule has 0 aromatic heterocycles. The average molecular weight is 326 g/mol. The summed E-state index contributed by atoms with van der Waals surface area (Å²) in [5.41, 5.74) is 1.29. The smallest absolute Gasteiger partial charge is 0.0542 e. The molecule has 4 heteroatoms. The van der Waals surface area contributed by atoms with Crippen molar-refractivity contribution < 1.29 is 0 Å². The van der Waals surface area contributed by atoms with Gasteiger partial charge in [-0.3, -0.25) is 0 Å². The first-order valence-corrected chi connectivity index (χ1v) is 8.31. The van der Waals surface area contributed by atoms with E-state index in [1.807, 2.05) is 24.3 Å². The Balaban J connectivity index is 2.07. The molecule has 0 amide bonds. The summed E-state index contributed by atoms with van der Waals surface area (Å²) in [5, 5.41) is 4.98. The molecular formula is C16H17Cl2NS. The highest BCUT2D eigenvalue weighted by molar-refractivity contribution is 7.99. The van der Waals surface area contributed by atoms with Gasteiger partial charge in [-0.15, -0.1) is 11.8 Å². The second-order valence-corrected chi connectivity index (χ2v) is 6.31. The molecule has 0 spiro atoms. The van der Waals surface area contributed by atoms with Crippen molar-refractivity contribution in [3.8, 4) is 0 Å². The van der Waals surface area contributed by atoms with Crippen molar-refractivity contribution in [3.05, 3.63) is 64.1 Å². The van der Waals surface area contributed by atoms with Crippen molar-refractivity contribution >= 4 is 35.0 Å². The van der Waals surface area contributed by atoms with Gasteiger partial charge in [0, 0.05) is 21.7 Å². The van der Waals surface area contributed by atoms with Crippen LogP contribution >= 0.6 is 35.0 Å². The lowest BCUT2D eigenvalue weighted by atomic mass is 10.1. The van der Waals surface area contributed by atoms with Crippen molar-refractivity contribution in [2.24, 2.45) is 0 Å². The first-order chi connectivity index (χ1) is 9.70. The van der Waals surface area contributed by atoms with Gasteiger partial charge >= 0.3 is 0 Å². The second-order valence-electron chi connectivity index (χ2n) is 4.41. The lowest BCUT2D eigenvalue weighted by Crippen LogP contribution is -2.22. The zero-order valence-corrected chi connectivity index (χ0v) is 13.6. The van der Waals surface area contributed by atoms with Crippen LogP contribution in [0.3, 0.4) is 0 Å². The number of hydrogen-bond donors (Lipinski definition) is 1. The molecule has 2 aromatic rings. The van der Waals surface area contributed by atoms with E-state index in [1.54, 1.807) is 11.8 Å². The summed E-state index contributed by atoms with van der Waals surface area (Å²) in [4.78, 5) is 1.03. The van der Waals surface area contributed by atoms with Crippen molar-refractivity contribution in [2.75, 3.05) is 12.3 Å². The Hall–Kier alpha value is -0.670. The summed E-state index contributed by atoms with van der Waals surface area (Å²) >= 11 is 14.0. The third-order valence-electron chi connectivity index (χ3n) is 2.95. The van der Waals surface area contributed by atoms with E-state index in [0.29, 0.717) is 6.04 Å². The van der Waals surface area contributed by atoms with Crippen LogP contribution in [0.4, 0.5) is 0 Å². The van der Waals surface area contributed by atoms with Gasteiger partial charge in [0.1, 0.15) is 0 Å². The van der Waals surface area contributed by atoms with Gasteiger partial charge in [0.25, 0.3) is 0 Å². The Morgan fingerprint density at radius 2 is 1.85 bits per heavy atom. The first kappa shape index (κ1) is 15.7. The van der Waals surface area contributed by atoms with Gasteiger partial charge in [-0.2, -0.15) is 0 Å². The highest BCUT2D eigenvalue weighted by Gasteiger charge is 2.11. The number of rotatable bonds is 6. The third kappa shape index (κ3) is 4.42. The van der Waals surface area contributed by atoms with E-state index in [2.05, 4.69) is 36.5 Å². The van der Waals surface area contributed by atoms with Crippen LogP contribution < -0.4 is 5.32 Å². The first-order valence-electron chi connectivity index (χ1n) is 6.57. The van der Waals surface area contributed by atoms with E-state index in [4.69, 9.17) is 23.2 Å². The molecule has 1 unspecified atom stereocenters. The van der Waals surface area contributed by atoms with E-state index in [0.717, 1.165) is 27.2 Å². The van der Waals surface area contributed by atoms with Crippen LogP contribution in [0.2, 0.25) is 10.0 Å². The molecule has 20 heavy (non-hydrogen) atoms. The predicted octanol–water partition coefficient (Wildman–Crippen LogP) is 5.44. The number of halogens is 2. The van der Waals surface area contributed by atoms with E-state index in [1.165, 1.54) is 5.56 Å². The monoisotopic (exact) mass is 325 g/mol. The molecule has 0 saturated heterocycles. The fourth-order valence-electron chi connectivity index (χ4n) is 1.97. The molecule has 0 fully saturated rings. The van der Waals surface area contributed by atoms with Crippen molar-refractivity contribution in [2.45, 2.75) is 17.9 Å². The molecule has 0 saturated carbocycles. The molecule has 2 rings (SSSR count). The Labute approximate surface area is 134 Å². The number of benzene rings is 2. The van der Waals surface area contributed by atoms with Crippen molar-refractivity contribution in [3.63, 3.8) is 0 Å². The Kier molecular flexibility index (Phi) is 6.24. The highest BCUT2D eigenvalue weighted by Crippen LogP contribution is 2.32. The molecule has 0 aliphatic carbocycles. The molecule has 1 atom stereocenters. The zero-order chi connectivity index (χ0) is 14.4. The third-order valence-corrected chi connectivity index (χ3v) is 4.78. The van der Waals surface area contributed by atoms with E-state index >= 15 is 0 Å². The maximum atomic E-state index is 6.20. The lowest BCUT2D eigenvalue weighted by molar-refractivity contribution is 0.606. The molecule has 0 radical (unpaired) electrons. The van der Waals surface area contributed by atoms with Crippen LogP contribution in [0.5, 0.6) is 0 Å². The summed E-state index contributed by atoms with van der Waals surface area (Å²) in [5.74, 6) is 0.915. The molecule has 0 bridgehead atoms. The standard InChI is InChI=1S/C16H17Cl2NS/c1-2-19-15(12-6-4-3-5-7-12)11-20-16-10-13(17)8-9-14(16)18/h3-10,15,19H,2,11H2,1H3. The second kappa shape index (κ2) is 7.94. The average Bonchev–Trinajstić information content (AvgIpc) is 2.47. The molecular weight excluding hydrogens is 309 g/mol. The summed E-state index contributed by atoms with van der Waals surface area (Å²) in [6.45, 7) is 3.05. The van der Waals surface area contributed by atoms with E-state index < -0.39 is 0 Å². The lowest BCUT2D eigenvalue weighted by Gasteiger charge is -2.18. The summed E-state index contributed by atoms with van der Waals surface area (Å²) in [6, 6.07) is 16.3. The van der Waals surface area contributed by atoms with Crippen LogP contribution in [0.25, 0.3) is 0 Å². The quantitative estimate of drug-likeness (QED) is 0.710. The topological polar surface area (TPSA) is 12.0 Å². The van der Waals surface area contributed by atoms with Gasteiger partial charge < -0.3 is 5.32 Å². The highest BCUT2D eigenvalue weighted by atomic mass is 35.5. The fourth-order valence-corrected chi connectivity index (χ4v) is 3.56. The van der Waals surface area contributed by atoms with Crippen LogP contribution in [0.1, 0.15) is 18.5 Å². The van der Waals surface area contributed by atoms with E-state index in [9.17, 15) is 0 Å². The molecule has 0 heterocycles. The minimum Gasteiger partial charge on any atom is -0.309 e. The van der Waals surface area contributed by atoms with Crippen molar-refractivity contribution in [1.82, 2.24) is 5.32 Å². The maximum absolute atomic E-state index is 6.20. The predicted molar refractivity (Wildman–Crippen MR) is 90.0 cm³/mol. The van der Waals surface area contributed by atoms with Crippen LogP contribution in [0, 0.1) is 0 Å². The molecule has 1 N–H and O–H groups in total. The molecule has 106 valence electrons. The minimum atomic E-state index is 0.307. The van der Waals surface area contributed by atoms with Crippen LogP contribution in [0.15, 0.2) is 53.4 Å². The van der Waals surface area contributed by atoms with Gasteiger partial charge in [0.2, 0.25) is 0 Å². The number of nitrogens with one attached hydrogen (secondary N) is 1. The van der Waals surface area contributed by atoms with Gasteiger partial charge in [0.15, 0.2) is 0 Å². The summed E-state index contributed by atoms with van der Waals surface area (Å²) in [7, 11) is 0. The Morgan fingerprint density at radius 3 is 2.55 bits per heavy atom. The maximum Gasteiger partial charge on any atom is 0.0542 e. The Morgan fingerprint density at radius 1 is 1.10 bits per heavy atom. The SMILES string of the molecule is CCNC(CSc1cc(Cl)ccc1Cl)c1ccccc1. The normalized spacial score (nSPS) is 12.3. The van der Waals surface area contributed by atoms with Gasteiger partial charge in [-0.05, 0) is 30.3 Å². The Bertz CT molecular complexity index is 545. The molecule has 0 aliphatic rings. The van der Waals surface area contributed by atoms with Crippen LogP contribution in [-0.4, -0.2) is 12.3 Å². The van der Waals surface area contributed by atoms with Gasteiger partial charge in [-0.25, -0.2) is 0 Å². The summed E-state index contributed by atoms with van der Waals surface area (Å²) < 4.78 is 0.